The topological polar surface area (TPSA) is 58.6 Å². The predicted octanol–water partition coefficient (Wildman–Crippen LogP) is 4.26. The van der Waals surface area contributed by atoms with Crippen LogP contribution < -0.4 is 5.32 Å². The highest BCUT2D eigenvalue weighted by atomic mass is 16.5. The van der Waals surface area contributed by atoms with E-state index in [0.29, 0.717) is 5.92 Å². The van der Waals surface area contributed by atoms with Crippen LogP contribution in [0.5, 0.6) is 0 Å². The summed E-state index contributed by atoms with van der Waals surface area (Å²) in [6, 6.07) is 14.6. The molecule has 2 heterocycles. The molecule has 130 valence electrons. The van der Waals surface area contributed by atoms with E-state index in [-0.39, 0.29) is 18.6 Å². The van der Waals surface area contributed by atoms with Gasteiger partial charge in [-0.3, -0.25) is 4.79 Å². The summed E-state index contributed by atoms with van der Waals surface area (Å²) in [6.45, 7) is 2.92. The number of hydrogen-bond donors (Lipinski definition) is 2. The van der Waals surface area contributed by atoms with E-state index in [1.54, 1.807) is 0 Å². The first-order valence-electron chi connectivity index (χ1n) is 8.91. The van der Waals surface area contributed by atoms with Crippen molar-refractivity contribution in [1.82, 2.24) is 0 Å². The van der Waals surface area contributed by atoms with E-state index in [9.17, 15) is 4.79 Å². The summed E-state index contributed by atoms with van der Waals surface area (Å²) in [5.41, 5.74) is 5.61. The Labute approximate surface area is 147 Å². The average Bonchev–Trinajstić information content (AvgIpc) is 2.61. The van der Waals surface area contributed by atoms with Gasteiger partial charge in [-0.25, -0.2) is 0 Å². The zero-order valence-corrected chi connectivity index (χ0v) is 14.4. The summed E-state index contributed by atoms with van der Waals surface area (Å²) < 4.78 is 6.18. The minimum atomic E-state index is -0.798. The van der Waals surface area contributed by atoms with E-state index in [2.05, 4.69) is 36.5 Å². The van der Waals surface area contributed by atoms with Crippen LogP contribution in [0.15, 0.2) is 42.5 Å². The third-order valence-corrected chi connectivity index (χ3v) is 5.29. The molecule has 4 heteroatoms. The van der Waals surface area contributed by atoms with E-state index in [1.165, 1.54) is 11.1 Å². The van der Waals surface area contributed by atoms with Gasteiger partial charge in [0, 0.05) is 23.8 Å². The molecule has 0 amide bonds. The van der Waals surface area contributed by atoms with Gasteiger partial charge in [-0.15, -0.1) is 0 Å². The number of carboxylic acid groups (broad SMARTS) is 1. The molecular formula is C21H23NO3. The minimum absolute atomic E-state index is 0.0565. The Morgan fingerprint density at radius 2 is 2.16 bits per heavy atom. The third kappa shape index (κ3) is 3.14. The zero-order chi connectivity index (χ0) is 17.4. The Morgan fingerprint density at radius 3 is 3.00 bits per heavy atom. The lowest BCUT2D eigenvalue weighted by Crippen LogP contribution is -2.36. The van der Waals surface area contributed by atoms with Gasteiger partial charge in [0.2, 0.25) is 0 Å². The van der Waals surface area contributed by atoms with Crippen LogP contribution >= 0.6 is 0 Å². The first-order chi connectivity index (χ1) is 12.1. The summed E-state index contributed by atoms with van der Waals surface area (Å²) >= 11 is 0. The van der Waals surface area contributed by atoms with Gasteiger partial charge >= 0.3 is 5.97 Å². The number of carbonyl (C=O) groups is 1. The molecule has 2 aromatic carbocycles. The number of hydrogen-bond acceptors (Lipinski definition) is 3. The summed E-state index contributed by atoms with van der Waals surface area (Å²) in [5, 5.41) is 12.8. The van der Waals surface area contributed by atoms with Crippen molar-refractivity contribution in [3.8, 4) is 0 Å². The van der Waals surface area contributed by atoms with Gasteiger partial charge in [0.05, 0.1) is 18.6 Å². The van der Waals surface area contributed by atoms with Crippen LogP contribution in [-0.2, 0) is 16.0 Å². The molecule has 0 spiro atoms. The number of aryl methyl sites for hydroxylation is 1. The molecule has 2 aliphatic heterocycles. The number of carboxylic acids is 1. The molecule has 2 N–H and O–H groups in total. The fraction of sp³-hybridized carbons (Fsp3) is 0.381. The molecule has 1 saturated heterocycles. The van der Waals surface area contributed by atoms with Crippen molar-refractivity contribution >= 4 is 11.7 Å². The number of benzene rings is 2. The second-order valence-corrected chi connectivity index (χ2v) is 7.13. The van der Waals surface area contributed by atoms with E-state index in [4.69, 9.17) is 9.84 Å². The number of fused-ring (bicyclic) bond motifs is 3. The number of rotatable bonds is 3. The lowest BCUT2D eigenvalue weighted by molar-refractivity contribution is -0.136. The molecule has 0 aromatic heterocycles. The predicted molar refractivity (Wildman–Crippen MR) is 96.7 cm³/mol. The molecule has 1 fully saturated rings. The largest absolute Gasteiger partial charge is 0.481 e. The maximum absolute atomic E-state index is 11.0. The maximum atomic E-state index is 11.0. The number of nitrogens with one attached hydrogen (secondary N) is 1. The summed E-state index contributed by atoms with van der Waals surface area (Å²) in [4.78, 5) is 11.0. The molecule has 0 aliphatic carbocycles. The van der Waals surface area contributed by atoms with Gasteiger partial charge in [0.15, 0.2) is 0 Å². The van der Waals surface area contributed by atoms with Crippen LogP contribution in [0.25, 0.3) is 0 Å². The Morgan fingerprint density at radius 1 is 1.28 bits per heavy atom. The van der Waals surface area contributed by atoms with Gasteiger partial charge < -0.3 is 15.2 Å². The third-order valence-electron chi connectivity index (χ3n) is 5.29. The van der Waals surface area contributed by atoms with Crippen molar-refractivity contribution in [2.45, 2.75) is 38.3 Å². The van der Waals surface area contributed by atoms with Crippen LogP contribution in [0, 0.1) is 12.8 Å². The van der Waals surface area contributed by atoms with Crippen molar-refractivity contribution < 1.29 is 14.6 Å². The van der Waals surface area contributed by atoms with Crippen molar-refractivity contribution in [3.63, 3.8) is 0 Å². The smallest absolute Gasteiger partial charge is 0.307 e. The van der Waals surface area contributed by atoms with Crippen LogP contribution in [0.3, 0.4) is 0 Å². The van der Waals surface area contributed by atoms with Crippen molar-refractivity contribution in [2.75, 3.05) is 11.9 Å². The molecular weight excluding hydrogens is 314 g/mol. The molecule has 25 heavy (non-hydrogen) atoms. The monoisotopic (exact) mass is 337 g/mol. The molecule has 3 atom stereocenters. The number of anilines is 1. The zero-order valence-electron chi connectivity index (χ0n) is 14.4. The SMILES string of the molecule is Cc1ccc2c(c1)[C@@H]1OCCC[C@@H]1[C@H](c1cccc(CC(=O)O)c1)N2. The highest BCUT2D eigenvalue weighted by Crippen LogP contribution is 2.49. The summed E-state index contributed by atoms with van der Waals surface area (Å²) in [5.74, 6) is -0.434. The van der Waals surface area contributed by atoms with Gasteiger partial charge in [-0.05, 0) is 37.0 Å². The first kappa shape index (κ1) is 16.2. The van der Waals surface area contributed by atoms with E-state index in [1.807, 2.05) is 18.2 Å². The van der Waals surface area contributed by atoms with Gasteiger partial charge in [0.25, 0.3) is 0 Å². The number of aliphatic carboxylic acids is 1. The fourth-order valence-corrected chi connectivity index (χ4v) is 4.19. The standard InChI is InChI=1S/C21H23NO3/c1-13-7-8-18-17(10-13)21-16(6-3-9-25-21)20(22-18)15-5-2-4-14(11-15)12-19(23)24/h2,4-5,7-8,10-11,16,20-22H,3,6,9,12H2,1H3,(H,23,24)/t16-,20+,21-/m1/s1. The lowest BCUT2D eigenvalue weighted by Gasteiger charge is -2.43. The van der Waals surface area contributed by atoms with Crippen molar-refractivity contribution in [3.05, 3.63) is 64.7 Å². The Balaban J connectivity index is 1.72. The van der Waals surface area contributed by atoms with Gasteiger partial charge in [0.1, 0.15) is 0 Å². The summed E-state index contributed by atoms with van der Waals surface area (Å²) in [6.07, 6.45) is 2.34. The Kier molecular flexibility index (Phi) is 4.22. The highest BCUT2D eigenvalue weighted by Gasteiger charge is 2.39. The Bertz CT molecular complexity index is 801. The minimum Gasteiger partial charge on any atom is -0.481 e. The molecule has 2 aromatic rings. The first-order valence-corrected chi connectivity index (χ1v) is 8.91. The van der Waals surface area contributed by atoms with Crippen LogP contribution in [0.2, 0.25) is 0 Å². The van der Waals surface area contributed by atoms with Gasteiger partial charge in [-0.2, -0.15) is 0 Å². The molecule has 0 bridgehead atoms. The fourth-order valence-electron chi connectivity index (χ4n) is 4.19. The van der Waals surface area contributed by atoms with Crippen LogP contribution in [0.1, 0.15) is 47.2 Å². The molecule has 4 nitrogen and oxygen atoms in total. The molecule has 0 unspecified atom stereocenters. The van der Waals surface area contributed by atoms with E-state index in [0.717, 1.165) is 36.3 Å². The van der Waals surface area contributed by atoms with Gasteiger partial charge in [-0.1, -0.05) is 42.0 Å². The molecule has 2 aliphatic rings. The molecule has 4 rings (SSSR count). The highest BCUT2D eigenvalue weighted by molar-refractivity contribution is 5.70. The molecule has 0 radical (unpaired) electrons. The second-order valence-electron chi connectivity index (χ2n) is 7.13. The van der Waals surface area contributed by atoms with Crippen LogP contribution in [0.4, 0.5) is 5.69 Å². The normalized spacial score (nSPS) is 24.8. The second kappa shape index (κ2) is 6.52. The quantitative estimate of drug-likeness (QED) is 0.879. The van der Waals surface area contributed by atoms with Crippen molar-refractivity contribution in [1.29, 1.82) is 0 Å². The average molecular weight is 337 g/mol. The van der Waals surface area contributed by atoms with Crippen LogP contribution in [-0.4, -0.2) is 17.7 Å². The summed E-state index contributed by atoms with van der Waals surface area (Å²) in [7, 11) is 0. The van der Waals surface area contributed by atoms with E-state index < -0.39 is 5.97 Å². The Hall–Kier alpha value is -2.33. The van der Waals surface area contributed by atoms with Crippen molar-refractivity contribution in [2.24, 2.45) is 5.92 Å². The number of ether oxygens (including phenoxy) is 1. The molecule has 0 saturated carbocycles. The van der Waals surface area contributed by atoms with E-state index >= 15 is 0 Å². The maximum Gasteiger partial charge on any atom is 0.307 e. The lowest BCUT2D eigenvalue weighted by atomic mass is 9.77.